The summed E-state index contributed by atoms with van der Waals surface area (Å²) in [7, 11) is 0. The quantitative estimate of drug-likeness (QED) is 0.720. The first kappa shape index (κ1) is 15.2. The highest BCUT2D eigenvalue weighted by Crippen LogP contribution is 2.21. The minimum absolute atomic E-state index is 0.138. The highest BCUT2D eigenvalue weighted by molar-refractivity contribution is 5.39. The summed E-state index contributed by atoms with van der Waals surface area (Å²) in [5, 5.41) is 6.66. The van der Waals surface area contributed by atoms with E-state index in [1.54, 1.807) is 6.92 Å². The predicted molar refractivity (Wildman–Crippen MR) is 82.1 cm³/mol. The second-order valence-electron chi connectivity index (χ2n) is 5.39. The maximum atomic E-state index is 13.6. The number of halogens is 1. The third kappa shape index (κ3) is 4.13. The summed E-state index contributed by atoms with van der Waals surface area (Å²) < 4.78 is 13.6. The zero-order valence-corrected chi connectivity index (χ0v) is 12.1. The van der Waals surface area contributed by atoms with E-state index in [9.17, 15) is 4.39 Å². The molecule has 2 aliphatic rings. The smallest absolute Gasteiger partial charge is 0.114 e. The monoisotopic (exact) mass is 277 g/mol. The van der Waals surface area contributed by atoms with Crippen LogP contribution in [0.2, 0.25) is 0 Å². The van der Waals surface area contributed by atoms with E-state index < -0.39 is 0 Å². The van der Waals surface area contributed by atoms with Gasteiger partial charge in [0.25, 0.3) is 0 Å². The summed E-state index contributed by atoms with van der Waals surface area (Å²) in [6.07, 6.45) is 10.8. The number of allylic oxidation sites excluding steroid dienone is 3. The molecule has 0 amide bonds. The number of hydrogen-bond donors (Lipinski definition) is 3. The van der Waals surface area contributed by atoms with Crippen LogP contribution < -0.4 is 16.4 Å². The Morgan fingerprint density at radius 3 is 2.90 bits per heavy atom. The van der Waals surface area contributed by atoms with Gasteiger partial charge in [-0.2, -0.15) is 0 Å². The average Bonchev–Trinajstić information content (AvgIpc) is 2.71. The third-order valence-corrected chi connectivity index (χ3v) is 3.81. The van der Waals surface area contributed by atoms with Crippen molar-refractivity contribution in [2.45, 2.75) is 25.8 Å². The van der Waals surface area contributed by atoms with Gasteiger partial charge >= 0.3 is 0 Å². The molecule has 1 atom stereocenters. The average molecular weight is 277 g/mol. The van der Waals surface area contributed by atoms with Crippen molar-refractivity contribution < 1.29 is 4.39 Å². The molecule has 110 valence electrons. The first-order valence-electron chi connectivity index (χ1n) is 7.24. The Kier molecular flexibility index (Phi) is 5.71. The minimum atomic E-state index is -0.138. The molecule has 4 N–H and O–H groups in total. The molecule has 0 aromatic carbocycles. The molecule has 0 saturated carbocycles. The van der Waals surface area contributed by atoms with E-state index >= 15 is 0 Å². The molecule has 0 radical (unpaired) electrons. The molecular formula is C16H24FN3. The van der Waals surface area contributed by atoms with Gasteiger partial charge in [-0.15, -0.1) is 0 Å². The molecule has 0 aromatic rings. The number of rotatable bonds is 5. The normalized spacial score (nSPS) is 23.4. The summed E-state index contributed by atoms with van der Waals surface area (Å²) in [6, 6.07) is 0.357. The highest BCUT2D eigenvalue weighted by atomic mass is 19.1. The first-order chi connectivity index (χ1) is 9.70. The Balaban J connectivity index is 1.82. The molecule has 1 aliphatic heterocycles. The van der Waals surface area contributed by atoms with E-state index in [2.05, 4.69) is 34.9 Å². The van der Waals surface area contributed by atoms with Gasteiger partial charge in [-0.25, -0.2) is 4.39 Å². The third-order valence-electron chi connectivity index (χ3n) is 3.81. The van der Waals surface area contributed by atoms with Crippen LogP contribution >= 0.6 is 0 Å². The van der Waals surface area contributed by atoms with Crippen LogP contribution in [0.3, 0.4) is 0 Å². The lowest BCUT2D eigenvalue weighted by atomic mass is 9.96. The molecule has 4 heteroatoms. The van der Waals surface area contributed by atoms with E-state index in [1.165, 1.54) is 11.1 Å². The topological polar surface area (TPSA) is 50.1 Å². The fraction of sp³-hybridized carbons (Fsp3) is 0.500. The zero-order chi connectivity index (χ0) is 14.4. The number of hydrogen-bond acceptors (Lipinski definition) is 3. The highest BCUT2D eigenvalue weighted by Gasteiger charge is 2.18. The second kappa shape index (κ2) is 7.53. The van der Waals surface area contributed by atoms with Crippen molar-refractivity contribution in [1.82, 2.24) is 10.6 Å². The molecule has 1 aliphatic carbocycles. The first-order valence-corrected chi connectivity index (χ1v) is 7.24. The van der Waals surface area contributed by atoms with E-state index in [-0.39, 0.29) is 18.9 Å². The molecule has 1 heterocycles. The lowest BCUT2D eigenvalue weighted by Crippen LogP contribution is -2.42. The van der Waals surface area contributed by atoms with Gasteiger partial charge in [-0.1, -0.05) is 24.3 Å². The van der Waals surface area contributed by atoms with Crippen molar-refractivity contribution in [2.75, 3.05) is 26.2 Å². The molecule has 20 heavy (non-hydrogen) atoms. The van der Waals surface area contributed by atoms with E-state index in [0.717, 1.165) is 25.9 Å². The molecule has 0 aromatic heterocycles. The van der Waals surface area contributed by atoms with Crippen LogP contribution in [0.5, 0.6) is 0 Å². The van der Waals surface area contributed by atoms with Gasteiger partial charge < -0.3 is 16.4 Å². The van der Waals surface area contributed by atoms with Gasteiger partial charge in [0.15, 0.2) is 0 Å². The Bertz CT molecular complexity index is 460. The molecule has 0 saturated heterocycles. The lowest BCUT2D eigenvalue weighted by molar-refractivity contribution is 0.464. The molecule has 1 unspecified atom stereocenters. The van der Waals surface area contributed by atoms with E-state index in [1.807, 2.05) is 0 Å². The molecular weight excluding hydrogens is 253 g/mol. The van der Waals surface area contributed by atoms with Gasteiger partial charge in [0.05, 0.1) is 0 Å². The van der Waals surface area contributed by atoms with E-state index in [0.29, 0.717) is 11.6 Å². The van der Waals surface area contributed by atoms with Crippen molar-refractivity contribution in [2.24, 2.45) is 5.73 Å². The van der Waals surface area contributed by atoms with Crippen molar-refractivity contribution in [3.05, 3.63) is 46.9 Å². The standard InChI is InChI=1S/C16H24FN3/c1-12(8-18)16(17)11-19-10-15-7-13-5-3-2-4-6-14(13)9-20-15/h3-6,15,19-20H,2,7-11,18H2,1H3/b16-12-. The van der Waals surface area contributed by atoms with Gasteiger partial charge in [0, 0.05) is 32.2 Å². The maximum Gasteiger partial charge on any atom is 0.114 e. The van der Waals surface area contributed by atoms with Gasteiger partial charge in [-0.05, 0) is 36.5 Å². The molecule has 0 bridgehead atoms. The number of nitrogens with two attached hydrogens (primary N) is 1. The van der Waals surface area contributed by atoms with Crippen LogP contribution in [0.15, 0.2) is 46.9 Å². The minimum Gasteiger partial charge on any atom is -0.327 e. The van der Waals surface area contributed by atoms with Crippen molar-refractivity contribution >= 4 is 0 Å². The Morgan fingerprint density at radius 2 is 2.15 bits per heavy atom. The fourth-order valence-corrected chi connectivity index (χ4v) is 2.44. The largest absolute Gasteiger partial charge is 0.327 e. The molecule has 3 nitrogen and oxygen atoms in total. The van der Waals surface area contributed by atoms with Crippen molar-refractivity contribution in [3.8, 4) is 0 Å². The maximum absolute atomic E-state index is 13.6. The van der Waals surface area contributed by atoms with Crippen LogP contribution in [0.4, 0.5) is 4.39 Å². The summed E-state index contributed by atoms with van der Waals surface area (Å²) in [4.78, 5) is 0. The summed E-state index contributed by atoms with van der Waals surface area (Å²) in [6.45, 7) is 3.93. The second-order valence-corrected chi connectivity index (χ2v) is 5.39. The SMILES string of the molecule is C/C(CN)=C(/F)CNCC1CC2=C(C=CCC=C2)CN1. The van der Waals surface area contributed by atoms with Crippen LogP contribution in [-0.4, -0.2) is 32.2 Å². The Hall–Kier alpha value is -1.23. The fourth-order valence-electron chi connectivity index (χ4n) is 2.44. The summed E-state index contributed by atoms with van der Waals surface area (Å²) in [5.41, 5.74) is 8.82. The van der Waals surface area contributed by atoms with Crippen LogP contribution in [0, 0.1) is 0 Å². The van der Waals surface area contributed by atoms with Crippen LogP contribution in [-0.2, 0) is 0 Å². The lowest BCUT2D eigenvalue weighted by Gasteiger charge is -2.26. The Labute approximate surface area is 120 Å². The van der Waals surface area contributed by atoms with Crippen molar-refractivity contribution in [3.63, 3.8) is 0 Å². The van der Waals surface area contributed by atoms with Crippen LogP contribution in [0.1, 0.15) is 19.8 Å². The molecule has 0 fully saturated rings. The zero-order valence-electron chi connectivity index (χ0n) is 12.1. The van der Waals surface area contributed by atoms with Gasteiger partial charge in [0.1, 0.15) is 5.83 Å². The predicted octanol–water partition coefficient (Wildman–Crippen LogP) is 1.95. The van der Waals surface area contributed by atoms with Gasteiger partial charge in [-0.3, -0.25) is 0 Å². The Morgan fingerprint density at radius 1 is 1.40 bits per heavy atom. The van der Waals surface area contributed by atoms with Gasteiger partial charge in [0.2, 0.25) is 0 Å². The van der Waals surface area contributed by atoms with Crippen LogP contribution in [0.25, 0.3) is 0 Å². The molecule has 0 spiro atoms. The number of nitrogens with one attached hydrogen (secondary N) is 2. The van der Waals surface area contributed by atoms with Crippen molar-refractivity contribution in [1.29, 1.82) is 0 Å². The van der Waals surface area contributed by atoms with E-state index in [4.69, 9.17) is 5.73 Å². The summed E-state index contributed by atoms with van der Waals surface area (Å²) in [5.74, 6) is -0.138. The molecule has 2 rings (SSSR count). The summed E-state index contributed by atoms with van der Waals surface area (Å²) >= 11 is 0.